The van der Waals surface area contributed by atoms with Crippen LogP contribution in [-0.4, -0.2) is 23.7 Å². The number of carbonyl (C=O) groups is 1. The number of ether oxygens (including phenoxy) is 1. The molecule has 1 aromatic carbocycles. The lowest BCUT2D eigenvalue weighted by Crippen LogP contribution is -2.14. The molecule has 0 aliphatic heterocycles. The van der Waals surface area contributed by atoms with Crippen molar-refractivity contribution >= 4 is 23.2 Å². The summed E-state index contributed by atoms with van der Waals surface area (Å²) in [4.78, 5) is 11.5. The number of aliphatic hydroxyl groups excluding tert-OH is 1. The molecule has 0 bridgehead atoms. The molecule has 0 aliphatic rings. The van der Waals surface area contributed by atoms with Crippen molar-refractivity contribution in [3.05, 3.63) is 23.2 Å². The van der Waals surface area contributed by atoms with Crippen molar-refractivity contribution in [1.82, 2.24) is 0 Å². The molecule has 4 nitrogen and oxygen atoms in total. The van der Waals surface area contributed by atoms with Crippen LogP contribution in [0.25, 0.3) is 0 Å². The van der Waals surface area contributed by atoms with Crippen molar-refractivity contribution in [3.63, 3.8) is 0 Å². The molecule has 0 heterocycles. The Balaban J connectivity index is 2.57. The molecule has 1 aromatic rings. The zero-order valence-electron chi connectivity index (χ0n) is 10.6. The average molecular weight is 272 g/mol. The maximum atomic E-state index is 11.5. The Morgan fingerprint density at radius 1 is 1.56 bits per heavy atom. The van der Waals surface area contributed by atoms with Gasteiger partial charge in [-0.05, 0) is 38.5 Å². The number of carbonyl (C=O) groups excluding carboxylic acids is 1. The highest BCUT2D eigenvalue weighted by Crippen LogP contribution is 2.27. The smallest absolute Gasteiger partial charge is 0.224 e. The third-order valence-electron chi connectivity index (χ3n) is 2.30. The fourth-order valence-electron chi connectivity index (χ4n) is 1.41. The molecular formula is C13H18ClNO3. The van der Waals surface area contributed by atoms with E-state index in [2.05, 4.69) is 5.32 Å². The lowest BCUT2D eigenvalue weighted by Gasteiger charge is -2.09. The van der Waals surface area contributed by atoms with Crippen LogP contribution in [0.2, 0.25) is 5.02 Å². The minimum Gasteiger partial charge on any atom is -0.492 e. The van der Waals surface area contributed by atoms with Gasteiger partial charge in [0.2, 0.25) is 5.91 Å². The number of rotatable bonds is 6. The van der Waals surface area contributed by atoms with E-state index in [0.29, 0.717) is 29.5 Å². The van der Waals surface area contributed by atoms with Crippen LogP contribution in [0, 0.1) is 0 Å². The van der Waals surface area contributed by atoms with E-state index in [9.17, 15) is 4.79 Å². The number of aliphatic hydroxyl groups is 1. The molecule has 0 radical (unpaired) electrons. The highest BCUT2D eigenvalue weighted by atomic mass is 35.5. The summed E-state index contributed by atoms with van der Waals surface area (Å²) in [5, 5.41) is 12.3. The highest BCUT2D eigenvalue weighted by molar-refractivity contribution is 6.32. The Hall–Kier alpha value is -1.26. The molecule has 1 rings (SSSR count). The predicted octanol–water partition coefficient (Wildman–Crippen LogP) is 2.84. The van der Waals surface area contributed by atoms with E-state index in [0.717, 1.165) is 0 Å². The monoisotopic (exact) mass is 271 g/mol. The zero-order chi connectivity index (χ0) is 13.5. The van der Waals surface area contributed by atoms with E-state index < -0.39 is 6.10 Å². The minimum absolute atomic E-state index is 0.142. The van der Waals surface area contributed by atoms with Gasteiger partial charge in [0.1, 0.15) is 5.75 Å². The molecule has 0 aliphatic carbocycles. The first-order valence-electron chi connectivity index (χ1n) is 5.93. The molecule has 0 saturated carbocycles. The van der Waals surface area contributed by atoms with Crippen LogP contribution in [0.3, 0.4) is 0 Å². The van der Waals surface area contributed by atoms with Crippen molar-refractivity contribution in [2.24, 2.45) is 0 Å². The largest absolute Gasteiger partial charge is 0.492 e. The molecule has 0 spiro atoms. The number of anilines is 1. The Kier molecular flexibility index (Phi) is 5.95. The quantitative estimate of drug-likeness (QED) is 0.836. The van der Waals surface area contributed by atoms with Crippen LogP contribution in [0.4, 0.5) is 5.69 Å². The van der Waals surface area contributed by atoms with E-state index in [4.69, 9.17) is 21.4 Å². The van der Waals surface area contributed by atoms with Gasteiger partial charge in [0.05, 0.1) is 17.7 Å². The first kappa shape index (κ1) is 14.8. The van der Waals surface area contributed by atoms with Gasteiger partial charge in [0, 0.05) is 12.1 Å². The van der Waals surface area contributed by atoms with Gasteiger partial charge in [-0.3, -0.25) is 4.79 Å². The minimum atomic E-state index is -0.473. The molecule has 18 heavy (non-hydrogen) atoms. The van der Waals surface area contributed by atoms with E-state index in [1.54, 1.807) is 25.1 Å². The molecule has 0 aromatic heterocycles. The Labute approximate surface area is 112 Å². The summed E-state index contributed by atoms with van der Waals surface area (Å²) in [5.74, 6) is 0.456. The Morgan fingerprint density at radius 3 is 2.83 bits per heavy atom. The summed E-state index contributed by atoms with van der Waals surface area (Å²) < 4.78 is 5.30. The van der Waals surface area contributed by atoms with Crippen LogP contribution in [0.5, 0.6) is 5.75 Å². The fraction of sp³-hybridized carbons (Fsp3) is 0.462. The second kappa shape index (κ2) is 7.24. The van der Waals surface area contributed by atoms with Crippen LogP contribution < -0.4 is 10.1 Å². The van der Waals surface area contributed by atoms with Crippen molar-refractivity contribution in [2.45, 2.75) is 32.8 Å². The standard InChI is InChI=1S/C13H18ClNO3/c1-3-18-12-6-5-10(8-11(12)14)15-13(17)7-4-9(2)16/h5-6,8-9,16H,3-4,7H2,1-2H3,(H,15,17). The van der Waals surface area contributed by atoms with Crippen molar-refractivity contribution in [1.29, 1.82) is 0 Å². The van der Waals surface area contributed by atoms with Gasteiger partial charge in [-0.2, -0.15) is 0 Å². The number of amides is 1. The van der Waals surface area contributed by atoms with E-state index in [-0.39, 0.29) is 12.3 Å². The molecule has 1 atom stereocenters. The first-order chi connectivity index (χ1) is 8.52. The number of nitrogens with one attached hydrogen (secondary N) is 1. The average Bonchev–Trinajstić information content (AvgIpc) is 2.30. The Bertz CT molecular complexity index is 407. The summed E-state index contributed by atoms with van der Waals surface area (Å²) in [7, 11) is 0. The van der Waals surface area contributed by atoms with Crippen LogP contribution >= 0.6 is 11.6 Å². The third-order valence-corrected chi connectivity index (χ3v) is 2.60. The maximum Gasteiger partial charge on any atom is 0.224 e. The molecular weight excluding hydrogens is 254 g/mol. The number of benzene rings is 1. The number of hydrogen-bond acceptors (Lipinski definition) is 3. The molecule has 1 amide bonds. The molecule has 5 heteroatoms. The first-order valence-corrected chi connectivity index (χ1v) is 6.31. The van der Waals surface area contributed by atoms with Crippen molar-refractivity contribution < 1.29 is 14.6 Å². The second-order valence-electron chi connectivity index (χ2n) is 4.01. The van der Waals surface area contributed by atoms with Crippen molar-refractivity contribution in [2.75, 3.05) is 11.9 Å². The lowest BCUT2D eigenvalue weighted by molar-refractivity contribution is -0.116. The lowest BCUT2D eigenvalue weighted by atomic mass is 10.2. The van der Waals surface area contributed by atoms with E-state index >= 15 is 0 Å². The Morgan fingerprint density at radius 2 is 2.28 bits per heavy atom. The van der Waals surface area contributed by atoms with Crippen molar-refractivity contribution in [3.8, 4) is 5.75 Å². The molecule has 1 unspecified atom stereocenters. The van der Waals surface area contributed by atoms with Gasteiger partial charge in [-0.15, -0.1) is 0 Å². The summed E-state index contributed by atoms with van der Waals surface area (Å²) in [6.07, 6.45) is 0.249. The predicted molar refractivity (Wildman–Crippen MR) is 72.2 cm³/mol. The normalized spacial score (nSPS) is 12.0. The summed E-state index contributed by atoms with van der Waals surface area (Å²) in [6.45, 7) is 4.07. The van der Waals surface area contributed by atoms with Gasteiger partial charge in [0.25, 0.3) is 0 Å². The summed E-state index contributed by atoms with van der Waals surface area (Å²) in [5.41, 5.74) is 0.624. The summed E-state index contributed by atoms with van der Waals surface area (Å²) in [6, 6.07) is 5.10. The van der Waals surface area contributed by atoms with Gasteiger partial charge >= 0.3 is 0 Å². The summed E-state index contributed by atoms with van der Waals surface area (Å²) >= 11 is 6.00. The number of hydrogen-bond donors (Lipinski definition) is 2. The fourth-order valence-corrected chi connectivity index (χ4v) is 1.65. The third kappa shape index (κ3) is 4.94. The molecule has 2 N–H and O–H groups in total. The van der Waals surface area contributed by atoms with Crippen LogP contribution in [0.1, 0.15) is 26.7 Å². The van der Waals surface area contributed by atoms with Gasteiger partial charge in [-0.25, -0.2) is 0 Å². The molecule has 100 valence electrons. The molecule has 0 saturated heterocycles. The van der Waals surface area contributed by atoms with E-state index in [1.165, 1.54) is 0 Å². The second-order valence-corrected chi connectivity index (χ2v) is 4.42. The van der Waals surface area contributed by atoms with Crippen LogP contribution in [0.15, 0.2) is 18.2 Å². The number of halogens is 1. The van der Waals surface area contributed by atoms with Gasteiger partial charge < -0.3 is 15.2 Å². The van der Waals surface area contributed by atoms with Crippen LogP contribution in [-0.2, 0) is 4.79 Å². The molecule has 0 fully saturated rings. The zero-order valence-corrected chi connectivity index (χ0v) is 11.3. The van der Waals surface area contributed by atoms with Gasteiger partial charge in [-0.1, -0.05) is 11.6 Å². The van der Waals surface area contributed by atoms with Gasteiger partial charge in [0.15, 0.2) is 0 Å². The highest BCUT2D eigenvalue weighted by Gasteiger charge is 2.07. The topological polar surface area (TPSA) is 58.6 Å². The maximum absolute atomic E-state index is 11.5. The van der Waals surface area contributed by atoms with E-state index in [1.807, 2.05) is 6.92 Å². The SMILES string of the molecule is CCOc1ccc(NC(=O)CCC(C)O)cc1Cl.